The number of phenols is 1. The van der Waals surface area contributed by atoms with Gasteiger partial charge in [-0.15, -0.1) is 0 Å². The molecule has 1 saturated heterocycles. The van der Waals surface area contributed by atoms with E-state index in [1.165, 1.54) is 5.56 Å². The van der Waals surface area contributed by atoms with Crippen LogP contribution in [0.3, 0.4) is 0 Å². The van der Waals surface area contributed by atoms with Crippen LogP contribution in [0.5, 0.6) is 17.2 Å². The molecule has 1 saturated carbocycles. The molecule has 4 aliphatic rings. The lowest BCUT2D eigenvalue weighted by Crippen LogP contribution is -2.69. The second kappa shape index (κ2) is 10.4. The zero-order valence-electron chi connectivity index (χ0n) is 24.6. The largest absolute Gasteiger partial charge is 0.508 e. The maximum atomic E-state index is 13.5. The van der Waals surface area contributed by atoms with Crippen LogP contribution in [-0.4, -0.2) is 66.2 Å². The summed E-state index contributed by atoms with van der Waals surface area (Å²) in [5, 5.41) is 11.3. The molecular formula is C36H38N2O4. The maximum Gasteiger partial charge on any atom is 0.298 e. The topological polar surface area (TPSA) is 62.2 Å². The first kappa shape index (κ1) is 26.9. The molecule has 1 N–H and O–H groups in total. The van der Waals surface area contributed by atoms with Crippen molar-refractivity contribution in [2.45, 2.75) is 62.6 Å². The molecule has 2 aliphatic carbocycles. The van der Waals surface area contributed by atoms with Crippen LogP contribution in [0.4, 0.5) is 0 Å². The van der Waals surface area contributed by atoms with Crippen LogP contribution in [-0.2, 0) is 23.1 Å². The molecule has 0 unspecified atom stereocenters. The average Bonchev–Trinajstić information content (AvgIpc) is 3.34. The van der Waals surface area contributed by atoms with Crippen LogP contribution < -0.4 is 9.47 Å². The van der Waals surface area contributed by atoms with E-state index in [4.69, 9.17) is 9.47 Å². The zero-order chi connectivity index (χ0) is 29.0. The molecule has 6 nitrogen and oxygen atoms in total. The first-order valence-electron chi connectivity index (χ1n) is 15.1. The molecule has 1 spiro atoms. The van der Waals surface area contributed by atoms with Crippen LogP contribution in [0.15, 0.2) is 60.7 Å². The Morgan fingerprint density at radius 2 is 2.00 bits per heavy atom. The van der Waals surface area contributed by atoms with Gasteiger partial charge in [-0.05, 0) is 74.8 Å². The lowest BCUT2D eigenvalue weighted by atomic mass is 9.50. The summed E-state index contributed by atoms with van der Waals surface area (Å²) in [5.41, 5.74) is 5.15. The monoisotopic (exact) mass is 562 g/mol. The van der Waals surface area contributed by atoms with Crippen molar-refractivity contribution in [1.29, 1.82) is 0 Å². The number of hydrogen-bond donors (Lipinski definition) is 1. The number of likely N-dealkylation sites (N-methyl/N-ethyl adjacent to an activating group) is 1. The van der Waals surface area contributed by atoms with Gasteiger partial charge in [0.25, 0.3) is 5.91 Å². The van der Waals surface area contributed by atoms with Gasteiger partial charge < -0.3 is 19.5 Å². The zero-order valence-corrected chi connectivity index (χ0v) is 24.6. The number of aromatic hydroxyl groups is 1. The number of aryl methyl sites for hydroxylation is 1. The van der Waals surface area contributed by atoms with Gasteiger partial charge in [-0.25, -0.2) is 0 Å². The quantitative estimate of drug-likeness (QED) is 0.450. The highest BCUT2D eigenvalue weighted by atomic mass is 16.5. The van der Waals surface area contributed by atoms with E-state index in [1.54, 1.807) is 13.2 Å². The number of hydrogen-bond acceptors (Lipinski definition) is 5. The Hall–Kier alpha value is -3.95. The second-order valence-corrected chi connectivity index (χ2v) is 12.4. The Morgan fingerprint density at radius 1 is 1.17 bits per heavy atom. The van der Waals surface area contributed by atoms with Gasteiger partial charge >= 0.3 is 0 Å². The van der Waals surface area contributed by atoms with E-state index in [2.05, 4.69) is 47.1 Å². The Balaban J connectivity index is 1.23. The third-order valence-electron chi connectivity index (χ3n) is 10.4. The highest BCUT2D eigenvalue weighted by Gasteiger charge is 2.67. The highest BCUT2D eigenvalue weighted by Crippen LogP contribution is 2.65. The van der Waals surface area contributed by atoms with Gasteiger partial charge in [0, 0.05) is 53.7 Å². The molecule has 6 heteroatoms. The summed E-state index contributed by atoms with van der Waals surface area (Å²) in [6.07, 6.45) is 4.37. The normalized spacial score (nSPS) is 26.8. The molecule has 5 atom stereocenters. The maximum absolute atomic E-state index is 13.5. The Morgan fingerprint density at radius 3 is 2.79 bits per heavy atom. The smallest absolute Gasteiger partial charge is 0.298 e. The molecule has 0 aromatic heterocycles. The Bertz CT molecular complexity index is 1590. The van der Waals surface area contributed by atoms with Gasteiger partial charge in [-0.3, -0.25) is 9.69 Å². The summed E-state index contributed by atoms with van der Waals surface area (Å²) in [7, 11) is 3.50. The van der Waals surface area contributed by atoms with E-state index in [-0.39, 0.29) is 29.2 Å². The number of rotatable bonds is 5. The minimum Gasteiger partial charge on any atom is -0.508 e. The fourth-order valence-corrected chi connectivity index (χ4v) is 8.48. The summed E-state index contributed by atoms with van der Waals surface area (Å²) in [6.45, 7) is 3.97. The highest BCUT2D eigenvalue weighted by molar-refractivity contribution is 5.94. The molecule has 2 aliphatic heterocycles. The van der Waals surface area contributed by atoms with Gasteiger partial charge in [0.15, 0.2) is 11.5 Å². The van der Waals surface area contributed by atoms with Crippen LogP contribution in [0, 0.1) is 24.7 Å². The Labute approximate surface area is 248 Å². The molecule has 1 amide bonds. The predicted octanol–water partition coefficient (Wildman–Crippen LogP) is 4.87. The molecule has 2 heterocycles. The first-order valence-corrected chi connectivity index (χ1v) is 15.1. The van der Waals surface area contributed by atoms with Crippen molar-refractivity contribution in [3.8, 4) is 29.1 Å². The molecule has 3 aromatic rings. The summed E-state index contributed by atoms with van der Waals surface area (Å²) in [6, 6.07) is 20.5. The number of piperidine rings is 1. The van der Waals surface area contributed by atoms with Crippen molar-refractivity contribution in [2.75, 3.05) is 27.2 Å². The molecule has 7 rings (SSSR count). The van der Waals surface area contributed by atoms with Gasteiger partial charge in [0.05, 0.1) is 13.2 Å². The number of carbonyl (C=O) groups excluding carboxylic acids is 1. The third kappa shape index (κ3) is 4.17. The number of methoxy groups -OCH3 is 1. The molecule has 0 radical (unpaired) electrons. The number of benzene rings is 3. The van der Waals surface area contributed by atoms with Crippen molar-refractivity contribution in [2.24, 2.45) is 5.92 Å². The van der Waals surface area contributed by atoms with E-state index in [1.807, 2.05) is 43.1 Å². The van der Waals surface area contributed by atoms with E-state index < -0.39 is 0 Å². The lowest BCUT2D eigenvalue weighted by molar-refractivity contribution is -0.134. The van der Waals surface area contributed by atoms with Crippen LogP contribution >= 0.6 is 0 Å². The summed E-state index contributed by atoms with van der Waals surface area (Å²) >= 11 is 0. The minimum atomic E-state index is -0.274. The van der Waals surface area contributed by atoms with E-state index in [0.717, 1.165) is 73.2 Å². The molecule has 42 heavy (non-hydrogen) atoms. The fourth-order valence-electron chi connectivity index (χ4n) is 8.48. The summed E-state index contributed by atoms with van der Waals surface area (Å²) in [4.78, 5) is 17.9. The molecule has 2 fully saturated rings. The van der Waals surface area contributed by atoms with E-state index in [0.29, 0.717) is 17.7 Å². The SMILES string of the molecule is COc1cc(O)c2c3c1O[C@H]1[C@H](N(C)C(=O)C#Cc4cccc(C)c4)CC[C@H]4[C@@H](C2)N(CCc2ccccc2)CC[C@@]341. The number of phenolic OH excluding ortho intramolecular Hbond substituents is 1. The molecule has 3 aromatic carbocycles. The van der Waals surface area contributed by atoms with Gasteiger partial charge in [0.2, 0.25) is 0 Å². The van der Waals surface area contributed by atoms with Gasteiger partial charge in [0.1, 0.15) is 11.9 Å². The summed E-state index contributed by atoms with van der Waals surface area (Å²) < 4.78 is 12.6. The van der Waals surface area contributed by atoms with Crippen LogP contribution in [0.1, 0.15) is 47.1 Å². The van der Waals surface area contributed by atoms with Gasteiger partial charge in [-0.1, -0.05) is 48.4 Å². The summed E-state index contributed by atoms with van der Waals surface area (Å²) in [5.74, 6) is 7.77. The first-order chi connectivity index (χ1) is 20.4. The van der Waals surface area contributed by atoms with Gasteiger partial charge in [-0.2, -0.15) is 0 Å². The second-order valence-electron chi connectivity index (χ2n) is 12.4. The van der Waals surface area contributed by atoms with E-state index in [9.17, 15) is 9.90 Å². The number of ether oxygens (including phenoxy) is 2. The third-order valence-corrected chi connectivity index (χ3v) is 10.4. The number of likely N-dealkylation sites (tertiary alicyclic amines) is 1. The van der Waals surface area contributed by atoms with E-state index >= 15 is 0 Å². The number of carbonyl (C=O) groups is 1. The average molecular weight is 563 g/mol. The minimum absolute atomic E-state index is 0.123. The Kier molecular flexibility index (Phi) is 6.66. The molecule has 2 bridgehead atoms. The van der Waals surface area contributed by atoms with Crippen LogP contribution in [0.2, 0.25) is 0 Å². The standard InChI is InChI=1S/C36H38N2O4/c1-23-8-7-11-25(20-23)12-15-32(40)37(2)28-14-13-27-29-21-26-30(39)22-31(41-3)34-33(26)36(27,35(28)42-34)17-19-38(29)18-16-24-9-5-4-6-10-24/h4-11,20,22,27-29,35,39H,13-14,16-19,21H2,1-3H3/t27-,28+,29+,35-,36-/m0/s1. The number of nitrogens with zero attached hydrogens (tertiary/aromatic N) is 2. The van der Waals surface area contributed by atoms with Crippen molar-refractivity contribution in [1.82, 2.24) is 9.80 Å². The molecular weight excluding hydrogens is 524 g/mol. The lowest BCUT2D eigenvalue weighted by Gasteiger charge is -2.60. The van der Waals surface area contributed by atoms with Crippen molar-refractivity contribution in [3.05, 3.63) is 88.5 Å². The molecule has 216 valence electrons. The van der Waals surface area contributed by atoms with Crippen molar-refractivity contribution < 1.29 is 19.4 Å². The van der Waals surface area contributed by atoms with Crippen LogP contribution in [0.25, 0.3) is 0 Å². The predicted molar refractivity (Wildman–Crippen MR) is 162 cm³/mol. The fraction of sp³-hybridized carbons (Fsp3) is 0.417. The van der Waals surface area contributed by atoms with Crippen molar-refractivity contribution >= 4 is 5.91 Å². The number of amides is 1. The van der Waals surface area contributed by atoms with Crippen molar-refractivity contribution in [3.63, 3.8) is 0 Å².